The molecule has 0 unspecified atom stereocenters. The summed E-state index contributed by atoms with van der Waals surface area (Å²) in [6.45, 7) is 3.59. The van der Waals surface area contributed by atoms with Gasteiger partial charge in [-0.25, -0.2) is 4.98 Å². The molecule has 2 rings (SSSR count). The number of piperidine rings is 1. The molecule has 2 heterocycles. The second kappa shape index (κ2) is 9.91. The van der Waals surface area contributed by atoms with Crippen molar-refractivity contribution in [2.45, 2.75) is 32.3 Å². The molecule has 0 atom stereocenters. The van der Waals surface area contributed by atoms with Gasteiger partial charge in [-0.05, 0) is 44.7 Å². The molecule has 1 saturated heterocycles. The maximum absolute atomic E-state index is 5.66. The van der Waals surface area contributed by atoms with Crippen molar-refractivity contribution in [2.75, 3.05) is 26.8 Å². The molecular weight excluding hydrogens is 278 g/mol. The van der Waals surface area contributed by atoms with Crippen molar-refractivity contribution in [1.29, 1.82) is 0 Å². The average molecular weight is 302 g/mol. The molecule has 0 radical (unpaired) electrons. The van der Waals surface area contributed by atoms with E-state index in [4.69, 9.17) is 9.47 Å². The fraction of sp³-hybridized carbons (Fsp3) is 0.714. The van der Waals surface area contributed by atoms with Gasteiger partial charge in [-0.15, -0.1) is 12.4 Å². The van der Waals surface area contributed by atoms with Crippen LogP contribution in [0.2, 0.25) is 0 Å². The van der Waals surface area contributed by atoms with E-state index in [9.17, 15) is 0 Å². The van der Waals surface area contributed by atoms with E-state index in [0.29, 0.717) is 12.5 Å². The fourth-order valence-electron chi connectivity index (χ4n) is 2.44. The van der Waals surface area contributed by atoms with Gasteiger partial charge < -0.3 is 14.8 Å². The van der Waals surface area contributed by atoms with E-state index in [-0.39, 0.29) is 12.4 Å². The van der Waals surface area contributed by atoms with E-state index in [1.165, 1.54) is 32.4 Å². The molecule has 20 heavy (non-hydrogen) atoms. The van der Waals surface area contributed by atoms with E-state index in [0.717, 1.165) is 24.6 Å². The molecule has 6 heteroatoms. The van der Waals surface area contributed by atoms with Crippen LogP contribution in [0.1, 0.15) is 31.4 Å². The lowest BCUT2D eigenvalue weighted by molar-refractivity contribution is 0.107. The van der Waals surface area contributed by atoms with Crippen LogP contribution in [0, 0.1) is 5.92 Å². The number of halogens is 1. The largest absolute Gasteiger partial charge is 0.480 e. The average Bonchev–Trinajstić information content (AvgIpc) is 2.48. The Morgan fingerprint density at radius 2 is 2.00 bits per heavy atom. The number of ether oxygens (including phenoxy) is 2. The van der Waals surface area contributed by atoms with Crippen LogP contribution < -0.4 is 10.1 Å². The zero-order chi connectivity index (χ0) is 13.3. The third-order valence-corrected chi connectivity index (χ3v) is 3.53. The van der Waals surface area contributed by atoms with Crippen molar-refractivity contribution in [3.8, 4) is 5.88 Å². The van der Waals surface area contributed by atoms with Crippen molar-refractivity contribution in [3.05, 3.63) is 18.1 Å². The molecule has 1 fully saturated rings. The molecule has 0 aliphatic carbocycles. The highest BCUT2D eigenvalue weighted by Crippen LogP contribution is 2.18. The van der Waals surface area contributed by atoms with E-state index in [2.05, 4.69) is 15.3 Å². The summed E-state index contributed by atoms with van der Waals surface area (Å²) < 4.78 is 10.8. The Bertz CT molecular complexity index is 373. The van der Waals surface area contributed by atoms with Gasteiger partial charge in [0, 0.05) is 19.0 Å². The number of nitrogens with zero attached hydrogens (tertiary/aromatic N) is 2. The SMILES string of the molecule is COc1nccnc1COCCCC1CCNCC1.Cl. The molecule has 0 spiro atoms. The lowest BCUT2D eigenvalue weighted by Crippen LogP contribution is -2.27. The number of rotatable bonds is 7. The molecule has 1 aromatic rings. The molecule has 0 aromatic carbocycles. The van der Waals surface area contributed by atoms with Gasteiger partial charge in [0.15, 0.2) is 0 Å². The van der Waals surface area contributed by atoms with Gasteiger partial charge in [-0.2, -0.15) is 0 Å². The van der Waals surface area contributed by atoms with Gasteiger partial charge in [-0.1, -0.05) is 0 Å². The van der Waals surface area contributed by atoms with Gasteiger partial charge in [0.05, 0.1) is 13.7 Å². The number of hydrogen-bond donors (Lipinski definition) is 1. The Hall–Kier alpha value is -0.910. The van der Waals surface area contributed by atoms with Crippen LogP contribution >= 0.6 is 12.4 Å². The number of aromatic nitrogens is 2. The van der Waals surface area contributed by atoms with E-state index < -0.39 is 0 Å². The van der Waals surface area contributed by atoms with Crippen LogP contribution in [-0.2, 0) is 11.3 Å². The summed E-state index contributed by atoms with van der Waals surface area (Å²) in [4.78, 5) is 8.31. The van der Waals surface area contributed by atoms with Crippen molar-refractivity contribution < 1.29 is 9.47 Å². The number of nitrogens with one attached hydrogen (secondary N) is 1. The molecule has 1 aromatic heterocycles. The lowest BCUT2D eigenvalue weighted by atomic mass is 9.93. The summed E-state index contributed by atoms with van der Waals surface area (Å²) in [6, 6.07) is 0. The molecule has 0 saturated carbocycles. The van der Waals surface area contributed by atoms with Gasteiger partial charge in [0.2, 0.25) is 5.88 Å². The van der Waals surface area contributed by atoms with Crippen LogP contribution in [0.4, 0.5) is 0 Å². The Balaban J connectivity index is 0.00000200. The first-order valence-electron chi connectivity index (χ1n) is 7.02. The Morgan fingerprint density at radius 1 is 1.25 bits per heavy atom. The first-order valence-corrected chi connectivity index (χ1v) is 7.02. The summed E-state index contributed by atoms with van der Waals surface area (Å²) in [5.74, 6) is 1.43. The summed E-state index contributed by atoms with van der Waals surface area (Å²) in [5.41, 5.74) is 0.770. The topological polar surface area (TPSA) is 56.3 Å². The normalized spacial score (nSPS) is 15.7. The minimum Gasteiger partial charge on any atom is -0.480 e. The van der Waals surface area contributed by atoms with Gasteiger partial charge in [0.1, 0.15) is 5.69 Å². The first-order chi connectivity index (χ1) is 9.40. The van der Waals surface area contributed by atoms with Crippen LogP contribution in [0.15, 0.2) is 12.4 Å². The molecule has 1 N–H and O–H groups in total. The second-order valence-electron chi connectivity index (χ2n) is 4.90. The summed E-state index contributed by atoms with van der Waals surface area (Å²) >= 11 is 0. The van der Waals surface area contributed by atoms with Crippen LogP contribution in [0.25, 0.3) is 0 Å². The zero-order valence-electron chi connectivity index (χ0n) is 12.0. The molecule has 114 valence electrons. The zero-order valence-corrected chi connectivity index (χ0v) is 12.8. The predicted molar refractivity (Wildman–Crippen MR) is 80.3 cm³/mol. The summed E-state index contributed by atoms with van der Waals surface area (Å²) in [6.07, 6.45) is 8.28. The predicted octanol–water partition coefficient (Wildman–Crippen LogP) is 2.20. The lowest BCUT2D eigenvalue weighted by Gasteiger charge is -2.22. The van der Waals surface area contributed by atoms with Gasteiger partial charge in [-0.3, -0.25) is 4.98 Å². The minimum atomic E-state index is 0. The van der Waals surface area contributed by atoms with Crippen molar-refractivity contribution in [1.82, 2.24) is 15.3 Å². The monoisotopic (exact) mass is 301 g/mol. The fourth-order valence-corrected chi connectivity index (χ4v) is 2.44. The van der Waals surface area contributed by atoms with Gasteiger partial charge in [0.25, 0.3) is 0 Å². The summed E-state index contributed by atoms with van der Waals surface area (Å²) in [7, 11) is 1.60. The van der Waals surface area contributed by atoms with E-state index >= 15 is 0 Å². The quantitative estimate of drug-likeness (QED) is 0.783. The van der Waals surface area contributed by atoms with E-state index in [1.54, 1.807) is 19.5 Å². The highest BCUT2D eigenvalue weighted by atomic mass is 35.5. The Labute approximate surface area is 126 Å². The molecular formula is C14H24ClN3O2. The molecule has 1 aliphatic rings. The number of hydrogen-bond acceptors (Lipinski definition) is 5. The van der Waals surface area contributed by atoms with Crippen LogP contribution in [-0.4, -0.2) is 36.8 Å². The molecule has 1 aliphatic heterocycles. The Morgan fingerprint density at radius 3 is 2.75 bits per heavy atom. The highest BCUT2D eigenvalue weighted by Gasteiger charge is 2.12. The van der Waals surface area contributed by atoms with Crippen molar-refractivity contribution in [2.24, 2.45) is 5.92 Å². The van der Waals surface area contributed by atoms with Crippen molar-refractivity contribution in [3.63, 3.8) is 0 Å². The molecule has 0 bridgehead atoms. The van der Waals surface area contributed by atoms with Crippen molar-refractivity contribution >= 4 is 12.4 Å². The van der Waals surface area contributed by atoms with Gasteiger partial charge >= 0.3 is 0 Å². The van der Waals surface area contributed by atoms with Crippen LogP contribution in [0.5, 0.6) is 5.88 Å². The summed E-state index contributed by atoms with van der Waals surface area (Å²) in [5, 5.41) is 3.39. The Kier molecular flexibility index (Phi) is 8.49. The molecule has 5 nitrogen and oxygen atoms in total. The molecule has 0 amide bonds. The maximum atomic E-state index is 5.66. The standard InChI is InChI=1S/C14H23N3O2.ClH/c1-18-14-13(16-8-9-17-14)11-19-10-2-3-12-4-6-15-7-5-12;/h8-9,12,15H,2-7,10-11H2,1H3;1H. The van der Waals surface area contributed by atoms with E-state index in [1.807, 2.05) is 0 Å². The number of methoxy groups -OCH3 is 1. The minimum absolute atomic E-state index is 0. The third-order valence-electron chi connectivity index (χ3n) is 3.53. The van der Waals surface area contributed by atoms with Crippen LogP contribution in [0.3, 0.4) is 0 Å². The first kappa shape index (κ1) is 17.1. The maximum Gasteiger partial charge on any atom is 0.237 e. The smallest absolute Gasteiger partial charge is 0.237 e. The third kappa shape index (κ3) is 5.61. The second-order valence-corrected chi connectivity index (χ2v) is 4.90. The highest BCUT2D eigenvalue weighted by molar-refractivity contribution is 5.85.